The number of nitro groups is 1. The van der Waals surface area contributed by atoms with Gasteiger partial charge in [-0.25, -0.2) is 4.98 Å². The van der Waals surface area contributed by atoms with Crippen LogP contribution in [-0.2, 0) is 11.9 Å². The van der Waals surface area contributed by atoms with Crippen LogP contribution in [0.4, 0.5) is 18.9 Å². The Morgan fingerprint density at radius 1 is 1.21 bits per heavy atom. The molecule has 0 amide bonds. The van der Waals surface area contributed by atoms with Crippen molar-refractivity contribution in [3.63, 3.8) is 0 Å². The second-order valence-corrected chi connectivity index (χ2v) is 7.13. The third-order valence-electron chi connectivity index (χ3n) is 3.18. The van der Waals surface area contributed by atoms with Crippen molar-refractivity contribution in [1.29, 1.82) is 0 Å². The minimum Gasteiger partial charge on any atom is -0.258 e. The molecule has 0 fully saturated rings. The fraction of sp³-hybridized carbons (Fsp3) is 0.133. The molecule has 0 aliphatic heterocycles. The molecule has 0 atom stereocenters. The lowest BCUT2D eigenvalue weighted by Gasteiger charge is -2.07. The van der Waals surface area contributed by atoms with Crippen molar-refractivity contribution in [1.82, 2.24) is 4.98 Å². The molecule has 0 saturated carbocycles. The van der Waals surface area contributed by atoms with Gasteiger partial charge in [0.25, 0.3) is 5.69 Å². The summed E-state index contributed by atoms with van der Waals surface area (Å²) < 4.78 is 39.6. The number of alkyl halides is 3. The first-order valence-electron chi connectivity index (χ1n) is 6.67. The van der Waals surface area contributed by atoms with Gasteiger partial charge in [0.15, 0.2) is 4.34 Å². The van der Waals surface area contributed by atoms with Crippen LogP contribution in [0.2, 0.25) is 0 Å². The summed E-state index contributed by atoms with van der Waals surface area (Å²) in [4.78, 5) is 14.6. The number of rotatable bonds is 4. The Bertz CT molecular complexity index is 909. The van der Waals surface area contributed by atoms with E-state index in [4.69, 9.17) is 0 Å². The molecule has 24 heavy (non-hydrogen) atoms. The summed E-state index contributed by atoms with van der Waals surface area (Å²) in [5, 5.41) is 10.8. The van der Waals surface area contributed by atoms with Crippen LogP contribution in [0, 0.1) is 10.1 Å². The van der Waals surface area contributed by atoms with Gasteiger partial charge in [-0.05, 0) is 17.7 Å². The number of hydrogen-bond acceptors (Lipinski definition) is 5. The Morgan fingerprint density at radius 2 is 2.00 bits per heavy atom. The van der Waals surface area contributed by atoms with Crippen LogP contribution in [0.3, 0.4) is 0 Å². The van der Waals surface area contributed by atoms with E-state index in [1.54, 1.807) is 12.1 Å². The third kappa shape index (κ3) is 3.68. The molecule has 3 rings (SSSR count). The molecule has 9 heteroatoms. The van der Waals surface area contributed by atoms with Crippen molar-refractivity contribution < 1.29 is 18.1 Å². The Morgan fingerprint density at radius 3 is 2.71 bits per heavy atom. The number of fused-ring (bicyclic) bond motifs is 1. The lowest BCUT2D eigenvalue weighted by molar-refractivity contribution is -0.384. The number of benzene rings is 2. The first-order valence-corrected chi connectivity index (χ1v) is 8.47. The summed E-state index contributed by atoms with van der Waals surface area (Å²) in [5.41, 5.74) is 0.337. The number of nitro benzene ring substituents is 1. The van der Waals surface area contributed by atoms with E-state index < -0.39 is 16.7 Å². The van der Waals surface area contributed by atoms with Gasteiger partial charge in [0, 0.05) is 17.9 Å². The first kappa shape index (κ1) is 16.7. The predicted octanol–water partition coefficient (Wildman–Crippen LogP) is 5.52. The molecule has 0 saturated heterocycles. The molecule has 0 N–H and O–H groups in total. The lowest BCUT2D eigenvalue weighted by Crippen LogP contribution is -2.04. The molecule has 0 spiro atoms. The number of halogens is 3. The number of nitrogens with zero attached hydrogens (tertiary/aromatic N) is 2. The molecule has 0 bridgehead atoms. The summed E-state index contributed by atoms with van der Waals surface area (Å²) in [6.07, 6.45) is -4.37. The molecular weight excluding hydrogens is 361 g/mol. The molecular formula is C15H9F3N2O2S2. The average Bonchev–Trinajstić information content (AvgIpc) is 2.94. The molecule has 1 heterocycles. The third-order valence-corrected chi connectivity index (χ3v) is 5.43. The maximum atomic E-state index is 12.7. The summed E-state index contributed by atoms with van der Waals surface area (Å²) in [7, 11) is 0. The highest BCUT2D eigenvalue weighted by molar-refractivity contribution is 8.00. The normalized spacial score (nSPS) is 11.8. The molecule has 1 aromatic heterocycles. The van der Waals surface area contributed by atoms with Crippen molar-refractivity contribution >= 4 is 39.0 Å². The Hall–Kier alpha value is -2.13. The minimum atomic E-state index is -4.37. The first-order chi connectivity index (χ1) is 11.3. The van der Waals surface area contributed by atoms with Crippen LogP contribution >= 0.6 is 23.1 Å². The van der Waals surface area contributed by atoms with Crippen LogP contribution in [0.15, 0.2) is 46.8 Å². The zero-order valence-corrected chi connectivity index (χ0v) is 13.5. The van der Waals surface area contributed by atoms with Crippen LogP contribution in [0.1, 0.15) is 11.1 Å². The van der Waals surface area contributed by atoms with E-state index in [-0.39, 0.29) is 5.69 Å². The van der Waals surface area contributed by atoms with Crippen LogP contribution in [0.5, 0.6) is 0 Å². The standard InChI is InChI=1S/C15H9F3N2O2S2/c16-15(17,18)10-3-1-2-9(6-10)8-23-14-19-12-7-11(20(21)22)4-5-13(12)24-14/h1-7H,8H2. The van der Waals surface area contributed by atoms with Crippen LogP contribution in [-0.4, -0.2) is 9.91 Å². The van der Waals surface area contributed by atoms with Crippen molar-refractivity contribution in [2.45, 2.75) is 16.3 Å². The highest BCUT2D eigenvalue weighted by atomic mass is 32.2. The van der Waals surface area contributed by atoms with Gasteiger partial charge >= 0.3 is 6.18 Å². The molecule has 4 nitrogen and oxygen atoms in total. The number of thiazole rings is 1. The number of non-ortho nitro benzene ring substituents is 1. The Kier molecular flexibility index (Phi) is 4.46. The van der Waals surface area contributed by atoms with E-state index in [9.17, 15) is 23.3 Å². The smallest absolute Gasteiger partial charge is 0.258 e. The topological polar surface area (TPSA) is 56.0 Å². The summed E-state index contributed by atoms with van der Waals surface area (Å²) in [6, 6.07) is 9.57. The van der Waals surface area contributed by atoms with Gasteiger partial charge in [-0.3, -0.25) is 10.1 Å². The average molecular weight is 370 g/mol. The number of hydrogen-bond donors (Lipinski definition) is 0. The van der Waals surface area contributed by atoms with Crippen molar-refractivity contribution in [2.24, 2.45) is 0 Å². The monoisotopic (exact) mass is 370 g/mol. The Balaban J connectivity index is 1.77. The van der Waals surface area contributed by atoms with Gasteiger partial charge < -0.3 is 0 Å². The molecule has 2 aromatic carbocycles. The highest BCUT2D eigenvalue weighted by Gasteiger charge is 2.30. The molecule has 0 unspecified atom stereocenters. The molecule has 124 valence electrons. The van der Waals surface area contributed by atoms with Gasteiger partial charge in [-0.1, -0.05) is 30.0 Å². The van der Waals surface area contributed by atoms with Crippen LogP contribution < -0.4 is 0 Å². The predicted molar refractivity (Wildman–Crippen MR) is 87.3 cm³/mol. The van der Waals surface area contributed by atoms with E-state index in [0.29, 0.717) is 21.2 Å². The largest absolute Gasteiger partial charge is 0.416 e. The van der Waals surface area contributed by atoms with E-state index in [1.165, 1.54) is 41.3 Å². The summed E-state index contributed by atoms with van der Waals surface area (Å²) >= 11 is 2.66. The van der Waals surface area contributed by atoms with Gasteiger partial charge in [0.05, 0.1) is 20.7 Å². The Labute approximate surface area is 142 Å². The van der Waals surface area contributed by atoms with Crippen molar-refractivity contribution in [3.8, 4) is 0 Å². The maximum absolute atomic E-state index is 12.7. The quantitative estimate of drug-likeness (QED) is 0.345. The van der Waals surface area contributed by atoms with E-state index in [0.717, 1.165) is 16.8 Å². The SMILES string of the molecule is O=[N+]([O-])c1ccc2sc(SCc3cccc(C(F)(F)F)c3)nc2c1. The van der Waals surface area contributed by atoms with E-state index in [1.807, 2.05) is 0 Å². The summed E-state index contributed by atoms with van der Waals surface area (Å²) in [6.45, 7) is 0. The fourth-order valence-corrected chi connectivity index (χ4v) is 4.04. The molecule has 0 radical (unpaired) electrons. The molecule has 0 aliphatic rings. The maximum Gasteiger partial charge on any atom is 0.416 e. The highest BCUT2D eigenvalue weighted by Crippen LogP contribution is 2.34. The van der Waals surface area contributed by atoms with Crippen molar-refractivity contribution in [2.75, 3.05) is 0 Å². The minimum absolute atomic E-state index is 0.0396. The fourth-order valence-electron chi connectivity index (χ4n) is 2.05. The number of aromatic nitrogens is 1. The van der Waals surface area contributed by atoms with Gasteiger partial charge in [0.1, 0.15) is 0 Å². The lowest BCUT2D eigenvalue weighted by atomic mass is 10.1. The van der Waals surface area contributed by atoms with Crippen LogP contribution in [0.25, 0.3) is 10.2 Å². The van der Waals surface area contributed by atoms with Gasteiger partial charge in [-0.2, -0.15) is 13.2 Å². The zero-order valence-electron chi connectivity index (χ0n) is 11.9. The van der Waals surface area contributed by atoms with E-state index in [2.05, 4.69) is 4.98 Å². The van der Waals surface area contributed by atoms with Crippen molar-refractivity contribution in [3.05, 3.63) is 63.7 Å². The second kappa shape index (κ2) is 6.40. The van der Waals surface area contributed by atoms with Gasteiger partial charge in [-0.15, -0.1) is 11.3 Å². The second-order valence-electron chi connectivity index (χ2n) is 4.88. The number of thioether (sulfide) groups is 1. The van der Waals surface area contributed by atoms with Gasteiger partial charge in [0.2, 0.25) is 0 Å². The molecule has 0 aliphatic carbocycles. The summed E-state index contributed by atoms with van der Waals surface area (Å²) in [5.74, 6) is 0.339. The van der Waals surface area contributed by atoms with E-state index >= 15 is 0 Å². The zero-order chi connectivity index (χ0) is 17.3. The molecule has 3 aromatic rings.